The number of piperazine rings is 1. The van der Waals surface area contributed by atoms with E-state index in [4.69, 9.17) is 5.73 Å². The van der Waals surface area contributed by atoms with Crippen molar-refractivity contribution >= 4 is 35.0 Å². The number of aryl methyl sites for hydroxylation is 1. The van der Waals surface area contributed by atoms with Crippen LogP contribution in [0.4, 0.5) is 11.4 Å². The summed E-state index contributed by atoms with van der Waals surface area (Å²) in [5.41, 5.74) is 7.24. The minimum atomic E-state index is -0.349. The van der Waals surface area contributed by atoms with Gasteiger partial charge in [-0.15, -0.1) is 10.2 Å². The van der Waals surface area contributed by atoms with E-state index in [9.17, 15) is 9.59 Å². The van der Waals surface area contributed by atoms with E-state index >= 15 is 0 Å². The molecule has 3 N–H and O–H groups in total. The summed E-state index contributed by atoms with van der Waals surface area (Å²) >= 11 is 1.37. The molecule has 2 heterocycles. The van der Waals surface area contributed by atoms with Crippen molar-refractivity contribution in [2.75, 3.05) is 48.7 Å². The first-order valence-electron chi connectivity index (χ1n) is 11.3. The fraction of sp³-hybridized carbons (Fsp3) is 0.545. The third kappa shape index (κ3) is 5.80. The molecule has 1 aliphatic carbocycles. The number of primary amides is 1. The Balaban J connectivity index is 1.28. The van der Waals surface area contributed by atoms with Gasteiger partial charge in [-0.2, -0.15) is 0 Å². The predicted octanol–water partition coefficient (Wildman–Crippen LogP) is 1.90. The number of amides is 2. The van der Waals surface area contributed by atoms with Crippen LogP contribution >= 0.6 is 11.8 Å². The van der Waals surface area contributed by atoms with Gasteiger partial charge in [-0.25, -0.2) is 0 Å². The summed E-state index contributed by atoms with van der Waals surface area (Å²) in [6.07, 6.45) is 2.87. The first-order chi connectivity index (χ1) is 15.5. The number of carbonyl (C=O) groups excluding carboxylic acids is 2. The molecule has 10 heteroatoms. The first kappa shape index (κ1) is 22.6. The van der Waals surface area contributed by atoms with Gasteiger partial charge < -0.3 is 25.4 Å². The van der Waals surface area contributed by atoms with Crippen molar-refractivity contribution < 1.29 is 9.59 Å². The normalized spacial score (nSPS) is 16.8. The van der Waals surface area contributed by atoms with Crippen LogP contribution in [0.15, 0.2) is 29.4 Å². The molecule has 0 spiro atoms. The number of rotatable bonds is 10. The molecule has 2 aliphatic rings. The zero-order chi connectivity index (χ0) is 22.5. The lowest BCUT2D eigenvalue weighted by Crippen LogP contribution is -2.46. The van der Waals surface area contributed by atoms with Gasteiger partial charge in [-0.3, -0.25) is 9.59 Å². The van der Waals surface area contributed by atoms with Crippen LogP contribution in [0.3, 0.4) is 0 Å². The number of hydrogen-bond acceptors (Lipinski definition) is 7. The molecular formula is C22H31N7O2S. The Kier molecular flexibility index (Phi) is 7.31. The molecule has 1 aliphatic heterocycles. The highest BCUT2D eigenvalue weighted by atomic mass is 32.2. The fourth-order valence-electron chi connectivity index (χ4n) is 3.92. The van der Waals surface area contributed by atoms with E-state index in [2.05, 4.69) is 48.9 Å². The van der Waals surface area contributed by atoms with E-state index < -0.39 is 0 Å². The minimum absolute atomic E-state index is 0.0802. The molecule has 1 saturated carbocycles. The number of anilines is 2. The molecule has 0 atom stereocenters. The number of nitrogens with zero attached hydrogens (tertiary/aromatic N) is 5. The lowest BCUT2D eigenvalue weighted by atomic mass is 10.2. The highest BCUT2D eigenvalue weighted by molar-refractivity contribution is 7.99. The van der Waals surface area contributed by atoms with Crippen LogP contribution in [-0.2, 0) is 16.0 Å². The number of benzene rings is 1. The lowest BCUT2D eigenvalue weighted by Gasteiger charge is -2.35. The Labute approximate surface area is 192 Å². The molecule has 4 rings (SSSR count). The van der Waals surface area contributed by atoms with E-state index in [-0.39, 0.29) is 24.0 Å². The Bertz CT molecular complexity index is 934. The van der Waals surface area contributed by atoms with Gasteiger partial charge in [0.15, 0.2) is 5.16 Å². The summed E-state index contributed by atoms with van der Waals surface area (Å²) in [5.74, 6) is 0.590. The quantitative estimate of drug-likeness (QED) is 0.525. The number of nitrogens with one attached hydrogen (secondary N) is 1. The van der Waals surface area contributed by atoms with Gasteiger partial charge in [0, 0.05) is 56.4 Å². The van der Waals surface area contributed by atoms with Crippen LogP contribution in [0.2, 0.25) is 0 Å². The molecule has 9 nitrogen and oxygen atoms in total. The largest absolute Gasteiger partial charge is 0.370 e. The van der Waals surface area contributed by atoms with Crippen LogP contribution in [0.1, 0.15) is 38.1 Å². The van der Waals surface area contributed by atoms with Gasteiger partial charge >= 0.3 is 0 Å². The van der Waals surface area contributed by atoms with Crippen LogP contribution < -0.4 is 16.0 Å². The number of likely N-dealkylation sites (N-methyl/N-ethyl adjacent to an activating group) is 1. The van der Waals surface area contributed by atoms with E-state index in [1.807, 2.05) is 12.1 Å². The van der Waals surface area contributed by atoms with Crippen LogP contribution in [-0.4, -0.2) is 70.0 Å². The molecule has 2 fully saturated rings. The van der Waals surface area contributed by atoms with Gasteiger partial charge in [0.05, 0.1) is 5.75 Å². The van der Waals surface area contributed by atoms with E-state index in [0.29, 0.717) is 12.5 Å². The second kappa shape index (κ2) is 10.4. The van der Waals surface area contributed by atoms with E-state index in [1.165, 1.54) is 17.4 Å². The molecule has 32 heavy (non-hydrogen) atoms. The summed E-state index contributed by atoms with van der Waals surface area (Å²) < 4.78 is 2.06. The van der Waals surface area contributed by atoms with Crippen molar-refractivity contribution in [3.8, 4) is 0 Å². The van der Waals surface area contributed by atoms with Crippen molar-refractivity contribution in [2.45, 2.75) is 43.8 Å². The molecule has 0 radical (unpaired) electrons. The standard InChI is InChI=1S/C22H31N7O2S/c1-2-27-11-13-28(14-12-27)17-5-3-16(4-6-17)24-21(31)15-32-22-26-25-20(10-9-19(23)30)29(22)18-7-8-18/h3-6,18H,2,7-15H2,1H3,(H2,23,30)(H,24,31). The molecule has 0 unspecified atom stereocenters. The van der Waals surface area contributed by atoms with Crippen molar-refractivity contribution in [3.63, 3.8) is 0 Å². The average Bonchev–Trinajstić information content (AvgIpc) is 3.56. The lowest BCUT2D eigenvalue weighted by molar-refractivity contribution is -0.118. The molecule has 1 aromatic heterocycles. The van der Waals surface area contributed by atoms with Crippen molar-refractivity contribution in [3.05, 3.63) is 30.1 Å². The van der Waals surface area contributed by atoms with E-state index in [1.54, 1.807) is 0 Å². The van der Waals surface area contributed by atoms with Gasteiger partial charge in [-0.05, 0) is 43.7 Å². The summed E-state index contributed by atoms with van der Waals surface area (Å²) in [7, 11) is 0. The maximum Gasteiger partial charge on any atom is 0.234 e. The summed E-state index contributed by atoms with van der Waals surface area (Å²) in [6.45, 7) is 7.52. The molecule has 2 amide bonds. The maximum absolute atomic E-state index is 12.5. The second-order valence-electron chi connectivity index (χ2n) is 8.27. The predicted molar refractivity (Wildman–Crippen MR) is 126 cm³/mol. The zero-order valence-corrected chi connectivity index (χ0v) is 19.3. The van der Waals surface area contributed by atoms with Crippen molar-refractivity contribution in [1.82, 2.24) is 19.7 Å². The monoisotopic (exact) mass is 457 g/mol. The minimum Gasteiger partial charge on any atom is -0.370 e. The summed E-state index contributed by atoms with van der Waals surface area (Å²) in [5, 5.41) is 12.2. The Morgan fingerprint density at radius 3 is 2.47 bits per heavy atom. The fourth-order valence-corrected chi connectivity index (χ4v) is 4.74. The molecule has 1 saturated heterocycles. The highest BCUT2D eigenvalue weighted by Gasteiger charge is 2.29. The third-order valence-corrected chi connectivity index (χ3v) is 6.85. The van der Waals surface area contributed by atoms with Crippen molar-refractivity contribution in [2.24, 2.45) is 5.73 Å². The SMILES string of the molecule is CCN1CCN(c2ccc(NC(=O)CSc3nnc(CCC(N)=O)n3C3CC3)cc2)CC1. The number of hydrogen-bond donors (Lipinski definition) is 2. The number of aromatic nitrogens is 3. The van der Waals surface area contributed by atoms with Gasteiger partial charge in [0.1, 0.15) is 5.82 Å². The Morgan fingerprint density at radius 2 is 1.84 bits per heavy atom. The molecular weight excluding hydrogens is 426 g/mol. The Hall–Kier alpha value is -2.59. The first-order valence-corrected chi connectivity index (χ1v) is 12.2. The maximum atomic E-state index is 12.5. The number of nitrogens with two attached hydrogens (primary N) is 1. The van der Waals surface area contributed by atoms with Crippen molar-refractivity contribution in [1.29, 1.82) is 0 Å². The van der Waals surface area contributed by atoms with Gasteiger partial charge in [0.25, 0.3) is 0 Å². The third-order valence-electron chi connectivity index (χ3n) is 5.91. The molecule has 1 aromatic carbocycles. The molecule has 2 aromatic rings. The Morgan fingerprint density at radius 1 is 1.12 bits per heavy atom. The second-order valence-corrected chi connectivity index (χ2v) is 9.21. The molecule has 0 bridgehead atoms. The smallest absolute Gasteiger partial charge is 0.234 e. The average molecular weight is 458 g/mol. The van der Waals surface area contributed by atoms with Crippen LogP contribution in [0.25, 0.3) is 0 Å². The van der Waals surface area contributed by atoms with Crippen LogP contribution in [0.5, 0.6) is 0 Å². The highest BCUT2D eigenvalue weighted by Crippen LogP contribution is 2.39. The number of carbonyl (C=O) groups is 2. The van der Waals surface area contributed by atoms with Gasteiger partial charge in [0.2, 0.25) is 11.8 Å². The van der Waals surface area contributed by atoms with E-state index in [0.717, 1.165) is 62.2 Å². The summed E-state index contributed by atoms with van der Waals surface area (Å²) in [6, 6.07) is 8.42. The zero-order valence-electron chi connectivity index (χ0n) is 18.5. The van der Waals surface area contributed by atoms with Gasteiger partial charge in [-0.1, -0.05) is 18.7 Å². The van der Waals surface area contributed by atoms with Crippen LogP contribution in [0, 0.1) is 0 Å². The summed E-state index contributed by atoms with van der Waals surface area (Å²) in [4.78, 5) is 28.4. The molecule has 172 valence electrons. The number of thioether (sulfide) groups is 1. The topological polar surface area (TPSA) is 109 Å².